The van der Waals surface area contributed by atoms with Crippen molar-refractivity contribution in [2.75, 3.05) is 70.5 Å². The van der Waals surface area contributed by atoms with Crippen LogP contribution >= 0.6 is 0 Å². The molecule has 5 aliphatic rings. The normalized spacial score (nSPS) is 26.5. The first kappa shape index (κ1) is 34.6. The third-order valence-corrected chi connectivity index (χ3v) is 11.6. The molecule has 6 heterocycles. The van der Waals surface area contributed by atoms with E-state index in [1.165, 1.54) is 28.9 Å². The number of ether oxygens (including phenoxy) is 3. The predicted octanol–water partition coefficient (Wildman–Crippen LogP) is 3.21. The summed E-state index contributed by atoms with van der Waals surface area (Å²) in [6, 6.07) is 3.75. The summed E-state index contributed by atoms with van der Waals surface area (Å²) < 4.78 is 57.8. The second-order valence-corrected chi connectivity index (χ2v) is 15.3. The number of hydrogen-bond donors (Lipinski definition) is 0. The van der Waals surface area contributed by atoms with Crippen LogP contribution in [0.1, 0.15) is 62.7 Å². The highest BCUT2D eigenvalue weighted by atomic mass is 32.2. The smallest absolute Gasteiger partial charge is 0.258 e. The van der Waals surface area contributed by atoms with Gasteiger partial charge in [0.15, 0.2) is 11.6 Å². The first-order valence-electron chi connectivity index (χ1n) is 17.6. The van der Waals surface area contributed by atoms with Crippen molar-refractivity contribution in [2.45, 2.75) is 76.6 Å². The van der Waals surface area contributed by atoms with Crippen LogP contribution in [0.15, 0.2) is 30.7 Å². The van der Waals surface area contributed by atoms with Crippen molar-refractivity contribution in [1.82, 2.24) is 29.2 Å². The number of anilines is 1. The number of halogens is 1. The molecule has 1 aromatic carbocycles. The monoisotopic (exact) mass is 700 g/mol. The van der Waals surface area contributed by atoms with Crippen LogP contribution in [0.4, 0.5) is 10.2 Å². The van der Waals surface area contributed by atoms with E-state index < -0.39 is 17.1 Å². The zero-order chi connectivity index (χ0) is 34.1. The molecular formula is C34H47FN7O6S-. The number of rotatable bonds is 11. The van der Waals surface area contributed by atoms with Gasteiger partial charge in [-0.15, -0.1) is 0 Å². The average molecular weight is 701 g/mol. The molecule has 1 amide bonds. The van der Waals surface area contributed by atoms with Crippen molar-refractivity contribution in [1.29, 1.82) is 0 Å². The zero-order valence-corrected chi connectivity index (χ0v) is 29.2. The van der Waals surface area contributed by atoms with Crippen molar-refractivity contribution in [3.05, 3.63) is 42.1 Å². The fourth-order valence-electron chi connectivity index (χ4n) is 7.98. The van der Waals surface area contributed by atoms with Gasteiger partial charge in [0.25, 0.3) is 5.91 Å². The van der Waals surface area contributed by atoms with Crippen LogP contribution < -0.4 is 9.64 Å². The molecule has 1 unspecified atom stereocenters. The molecule has 5 saturated heterocycles. The minimum Gasteiger partial charge on any atom is -0.759 e. The van der Waals surface area contributed by atoms with E-state index in [4.69, 9.17) is 14.2 Å². The first-order chi connectivity index (χ1) is 23.7. The number of hydrogen-bond acceptors (Lipinski definition) is 11. The zero-order valence-electron chi connectivity index (χ0n) is 28.4. The van der Waals surface area contributed by atoms with Crippen LogP contribution in [0.25, 0.3) is 0 Å². The van der Waals surface area contributed by atoms with Crippen LogP contribution in [-0.2, 0) is 20.7 Å². The van der Waals surface area contributed by atoms with Crippen molar-refractivity contribution < 1.29 is 32.2 Å². The second kappa shape index (κ2) is 14.8. The van der Waals surface area contributed by atoms with Gasteiger partial charge in [0.1, 0.15) is 17.9 Å². The third kappa shape index (κ3) is 7.48. The Kier molecular flexibility index (Phi) is 10.5. The highest BCUT2D eigenvalue weighted by Crippen LogP contribution is 2.45. The summed E-state index contributed by atoms with van der Waals surface area (Å²) >= 11 is -2.27. The standard InChI is InChI=1S/C34H48FN7O6S/c1-24(2)41(26-8-15-46-19-26)33(43)29-16-25(35)4-7-30(29)48-31-17-36-23-37-32(31)39-21-34(22-39)9-13-38(14-10-34)18-28-6-5-27(20-47-28)42(49(44)45)40-11-3-12-40/h4,7,16-17,23-24,26-28H,3,5-6,8-15,18-22H2,1-2H3,(H,44,45)/p-1/t26-,27+,28-/m0/s1. The Bertz CT molecular complexity index is 1490. The highest BCUT2D eigenvalue weighted by Gasteiger charge is 2.46. The summed E-state index contributed by atoms with van der Waals surface area (Å²) in [5, 5.41) is 1.90. The van der Waals surface area contributed by atoms with E-state index in [9.17, 15) is 17.9 Å². The third-order valence-electron chi connectivity index (χ3n) is 10.8. The molecule has 2 aromatic rings. The molecule has 13 nitrogen and oxygen atoms in total. The Balaban J connectivity index is 0.939. The number of nitrogens with zero attached hydrogens (tertiary/aromatic N) is 7. The Morgan fingerprint density at radius 3 is 2.55 bits per heavy atom. The molecule has 0 aliphatic carbocycles. The van der Waals surface area contributed by atoms with E-state index in [1.54, 1.807) is 11.1 Å². The van der Waals surface area contributed by atoms with Crippen molar-refractivity contribution >= 4 is 23.0 Å². The molecular weight excluding hydrogens is 653 g/mol. The van der Waals surface area contributed by atoms with Crippen molar-refractivity contribution in [3.63, 3.8) is 0 Å². The van der Waals surface area contributed by atoms with E-state index in [1.807, 2.05) is 18.9 Å². The van der Waals surface area contributed by atoms with Crippen LogP contribution in [0, 0.1) is 11.2 Å². The molecule has 7 rings (SSSR count). The van der Waals surface area contributed by atoms with E-state index >= 15 is 0 Å². The first-order valence-corrected chi connectivity index (χ1v) is 18.6. The van der Waals surface area contributed by atoms with Crippen LogP contribution in [-0.4, -0.2) is 134 Å². The minimum atomic E-state index is -2.27. The summed E-state index contributed by atoms with van der Waals surface area (Å²) in [5.41, 5.74) is 0.347. The lowest BCUT2D eigenvalue weighted by atomic mass is 9.72. The van der Waals surface area contributed by atoms with Gasteiger partial charge in [-0.1, -0.05) is 0 Å². The number of likely N-dealkylation sites (tertiary alicyclic amines) is 1. The van der Waals surface area contributed by atoms with Crippen molar-refractivity contribution in [2.24, 2.45) is 5.41 Å². The SMILES string of the molecule is CC(C)N(C(=O)c1cc(F)ccc1Oc1cncnc1N1CC2(CCN(C[C@@H]3CC[C@@H](N(N4CCC4)S(=O)[O-])CO3)CC2)C1)[C@H]1CCOC1. The van der Waals surface area contributed by atoms with Gasteiger partial charge >= 0.3 is 0 Å². The molecule has 0 bridgehead atoms. The maximum Gasteiger partial charge on any atom is 0.258 e. The summed E-state index contributed by atoms with van der Waals surface area (Å²) in [4.78, 5) is 29.0. The summed E-state index contributed by atoms with van der Waals surface area (Å²) in [5.74, 6) is 0.553. The summed E-state index contributed by atoms with van der Waals surface area (Å²) in [6.45, 7) is 11.5. The highest BCUT2D eigenvalue weighted by molar-refractivity contribution is 7.76. The Labute approximate surface area is 290 Å². The average Bonchev–Trinajstić information content (AvgIpc) is 3.58. The number of benzene rings is 1. The predicted molar refractivity (Wildman–Crippen MR) is 179 cm³/mol. The summed E-state index contributed by atoms with van der Waals surface area (Å²) in [7, 11) is 0. The van der Waals surface area contributed by atoms with Crippen LogP contribution in [0.3, 0.4) is 0 Å². The molecule has 0 radical (unpaired) electrons. The topological polar surface area (TPSA) is 127 Å². The molecule has 5 aliphatic heterocycles. The largest absolute Gasteiger partial charge is 0.759 e. The van der Waals surface area contributed by atoms with E-state index in [0.29, 0.717) is 31.4 Å². The number of amides is 1. The van der Waals surface area contributed by atoms with Gasteiger partial charge in [-0.25, -0.2) is 19.4 Å². The fraction of sp³-hybridized carbons (Fsp3) is 0.676. The summed E-state index contributed by atoms with van der Waals surface area (Å²) in [6.07, 6.45) is 8.76. The lowest BCUT2D eigenvalue weighted by Crippen LogP contribution is -2.61. The molecule has 5 fully saturated rings. The maximum atomic E-state index is 14.5. The molecule has 0 N–H and O–H groups in total. The lowest BCUT2D eigenvalue weighted by molar-refractivity contribution is -0.0998. The lowest BCUT2D eigenvalue weighted by Gasteiger charge is -2.54. The van der Waals surface area contributed by atoms with Gasteiger partial charge in [-0.2, -0.15) is 4.41 Å². The molecule has 1 spiro atoms. The number of carbonyl (C=O) groups is 1. The molecule has 1 aromatic heterocycles. The number of piperidine rings is 1. The number of carbonyl (C=O) groups excluding carboxylic acids is 1. The van der Waals surface area contributed by atoms with E-state index in [0.717, 1.165) is 84.3 Å². The molecule has 0 saturated carbocycles. The Hall–Kier alpha value is -2.79. The van der Waals surface area contributed by atoms with Crippen LogP contribution in [0.5, 0.6) is 11.5 Å². The van der Waals surface area contributed by atoms with E-state index in [-0.39, 0.29) is 46.9 Å². The van der Waals surface area contributed by atoms with Gasteiger partial charge in [-0.05, 0) is 83.7 Å². The molecule has 15 heteroatoms. The fourth-order valence-corrected chi connectivity index (χ4v) is 8.74. The number of hydrazine groups is 1. The maximum absolute atomic E-state index is 14.5. The quantitative estimate of drug-likeness (QED) is 0.321. The van der Waals surface area contributed by atoms with E-state index in [2.05, 4.69) is 19.8 Å². The van der Waals surface area contributed by atoms with Crippen LogP contribution in [0.2, 0.25) is 0 Å². The second-order valence-electron chi connectivity index (χ2n) is 14.4. The van der Waals surface area contributed by atoms with Gasteiger partial charge in [0.05, 0.1) is 43.2 Å². The number of aromatic nitrogens is 2. The Morgan fingerprint density at radius 2 is 1.92 bits per heavy atom. The van der Waals surface area contributed by atoms with Gasteiger partial charge in [0, 0.05) is 62.1 Å². The van der Waals surface area contributed by atoms with Gasteiger partial charge in [0.2, 0.25) is 0 Å². The molecule has 49 heavy (non-hydrogen) atoms. The van der Waals surface area contributed by atoms with Gasteiger partial charge < -0.3 is 33.5 Å². The minimum absolute atomic E-state index is 0.0749. The van der Waals surface area contributed by atoms with Gasteiger partial charge in [-0.3, -0.25) is 9.00 Å². The molecule has 4 atom stereocenters. The van der Waals surface area contributed by atoms with Crippen molar-refractivity contribution in [3.8, 4) is 11.5 Å². The Morgan fingerprint density at radius 1 is 1.12 bits per heavy atom. The molecule has 268 valence electrons.